The van der Waals surface area contributed by atoms with E-state index in [4.69, 9.17) is 4.74 Å². The zero-order valence-electron chi connectivity index (χ0n) is 9.06. The first-order valence-electron chi connectivity index (χ1n) is 5.21. The Bertz CT molecular complexity index is 376. The van der Waals surface area contributed by atoms with Crippen molar-refractivity contribution in [3.8, 4) is 0 Å². The number of esters is 1. The molecule has 1 fully saturated rings. The van der Waals surface area contributed by atoms with Crippen molar-refractivity contribution >= 4 is 5.97 Å². The molecule has 80 valence electrons. The average Bonchev–Trinajstić information content (AvgIpc) is 2.94. The molecule has 0 unspecified atom stereocenters. The molecule has 0 spiro atoms. The largest absolute Gasteiger partial charge is 0.466 e. The van der Waals surface area contributed by atoms with Crippen LogP contribution in [0.5, 0.6) is 0 Å². The second kappa shape index (κ2) is 4.01. The van der Waals surface area contributed by atoms with Gasteiger partial charge in [-0.2, -0.15) is 0 Å². The topological polar surface area (TPSA) is 39.2 Å². The van der Waals surface area contributed by atoms with Gasteiger partial charge < -0.3 is 4.74 Å². The van der Waals surface area contributed by atoms with Crippen LogP contribution in [0.4, 0.5) is 0 Å². The number of pyridine rings is 1. The molecular weight excluding hydrogens is 190 g/mol. The van der Waals surface area contributed by atoms with Gasteiger partial charge in [0.05, 0.1) is 6.61 Å². The minimum atomic E-state index is -0.192. The van der Waals surface area contributed by atoms with E-state index < -0.39 is 0 Å². The van der Waals surface area contributed by atoms with E-state index >= 15 is 0 Å². The Labute approximate surface area is 89.5 Å². The number of aryl methyl sites for hydroxylation is 1. The Hall–Kier alpha value is -1.38. The molecule has 0 saturated heterocycles. The lowest BCUT2D eigenvalue weighted by molar-refractivity contribution is -0.141. The smallest absolute Gasteiger partial charge is 0.302 e. The van der Waals surface area contributed by atoms with Gasteiger partial charge >= 0.3 is 5.97 Å². The lowest BCUT2D eigenvalue weighted by Gasteiger charge is -2.02. The number of carbonyl (C=O) groups excluding carboxylic acids is 1. The second-order valence-electron chi connectivity index (χ2n) is 4.20. The number of aromatic nitrogens is 1. The van der Waals surface area contributed by atoms with Gasteiger partial charge in [0.2, 0.25) is 0 Å². The number of hydrogen-bond donors (Lipinski definition) is 0. The summed E-state index contributed by atoms with van der Waals surface area (Å²) in [6, 6.07) is 2.16. The summed E-state index contributed by atoms with van der Waals surface area (Å²) in [7, 11) is 0. The van der Waals surface area contributed by atoms with Crippen LogP contribution in [0, 0.1) is 12.8 Å². The molecule has 0 aromatic carbocycles. The Kier molecular flexibility index (Phi) is 2.71. The molecule has 1 aromatic rings. The van der Waals surface area contributed by atoms with Crippen LogP contribution in [0.2, 0.25) is 0 Å². The van der Waals surface area contributed by atoms with E-state index in [1.54, 1.807) is 0 Å². The molecule has 1 saturated carbocycles. The van der Waals surface area contributed by atoms with Crippen molar-refractivity contribution in [2.45, 2.75) is 26.2 Å². The van der Waals surface area contributed by atoms with Crippen LogP contribution in [0.3, 0.4) is 0 Å². The van der Waals surface area contributed by atoms with Crippen molar-refractivity contribution in [2.24, 2.45) is 5.92 Å². The molecule has 1 aliphatic carbocycles. The fourth-order valence-corrected chi connectivity index (χ4v) is 1.85. The van der Waals surface area contributed by atoms with Gasteiger partial charge in [-0.1, -0.05) is 6.07 Å². The van der Waals surface area contributed by atoms with Crippen molar-refractivity contribution in [1.82, 2.24) is 4.98 Å². The van der Waals surface area contributed by atoms with E-state index in [0.29, 0.717) is 18.4 Å². The zero-order valence-corrected chi connectivity index (χ0v) is 9.06. The summed E-state index contributed by atoms with van der Waals surface area (Å²) in [5.74, 6) is 0.845. The highest BCUT2D eigenvalue weighted by molar-refractivity contribution is 5.65. The first-order valence-corrected chi connectivity index (χ1v) is 5.21. The molecule has 0 amide bonds. The first-order chi connectivity index (χ1) is 7.16. The molecule has 1 heterocycles. The number of carbonyl (C=O) groups is 1. The van der Waals surface area contributed by atoms with Gasteiger partial charge in [0, 0.05) is 25.2 Å². The Morgan fingerprint density at radius 2 is 2.40 bits per heavy atom. The van der Waals surface area contributed by atoms with Crippen LogP contribution in [0.1, 0.15) is 30.4 Å². The molecule has 0 bridgehead atoms. The van der Waals surface area contributed by atoms with Crippen molar-refractivity contribution in [3.63, 3.8) is 0 Å². The van der Waals surface area contributed by atoms with E-state index in [9.17, 15) is 4.79 Å². The van der Waals surface area contributed by atoms with Crippen molar-refractivity contribution < 1.29 is 9.53 Å². The van der Waals surface area contributed by atoms with Gasteiger partial charge in [-0.15, -0.1) is 0 Å². The number of hydrogen-bond acceptors (Lipinski definition) is 3. The Balaban J connectivity index is 1.90. The standard InChI is InChI=1S/C12H15NO2/c1-8-3-10(6-13-5-8)12-4-11(12)7-15-9(2)14/h3,5-6,11-12H,4,7H2,1-2H3/t11-,12-/m1/s1. The van der Waals surface area contributed by atoms with Crippen molar-refractivity contribution in [3.05, 3.63) is 29.6 Å². The lowest BCUT2D eigenvalue weighted by Crippen LogP contribution is -2.03. The predicted octanol–water partition coefficient (Wildman–Crippen LogP) is 2.06. The van der Waals surface area contributed by atoms with Crippen LogP contribution < -0.4 is 0 Å². The van der Waals surface area contributed by atoms with Crippen LogP contribution in [-0.4, -0.2) is 17.6 Å². The van der Waals surface area contributed by atoms with E-state index in [2.05, 4.69) is 11.1 Å². The third-order valence-electron chi connectivity index (χ3n) is 2.75. The van der Waals surface area contributed by atoms with Gasteiger partial charge in [0.25, 0.3) is 0 Å². The molecule has 15 heavy (non-hydrogen) atoms. The van der Waals surface area contributed by atoms with Crippen LogP contribution >= 0.6 is 0 Å². The summed E-state index contributed by atoms with van der Waals surface area (Å²) < 4.78 is 4.99. The third kappa shape index (κ3) is 2.55. The number of ether oxygens (including phenoxy) is 1. The maximum absolute atomic E-state index is 10.6. The molecule has 3 nitrogen and oxygen atoms in total. The SMILES string of the molecule is CC(=O)OC[C@H]1C[C@@H]1c1cncc(C)c1. The van der Waals surface area contributed by atoms with Crippen LogP contribution in [-0.2, 0) is 9.53 Å². The summed E-state index contributed by atoms with van der Waals surface area (Å²) >= 11 is 0. The summed E-state index contributed by atoms with van der Waals surface area (Å²) in [4.78, 5) is 14.8. The molecule has 3 heteroatoms. The predicted molar refractivity (Wildman–Crippen MR) is 56.5 cm³/mol. The van der Waals surface area contributed by atoms with E-state index in [0.717, 1.165) is 6.42 Å². The molecule has 0 radical (unpaired) electrons. The summed E-state index contributed by atoms with van der Waals surface area (Å²) in [5, 5.41) is 0. The fraction of sp³-hybridized carbons (Fsp3) is 0.500. The van der Waals surface area contributed by atoms with E-state index in [-0.39, 0.29) is 5.97 Å². The lowest BCUT2D eigenvalue weighted by atomic mass is 10.1. The summed E-state index contributed by atoms with van der Waals surface area (Å²) in [6.07, 6.45) is 4.87. The zero-order chi connectivity index (χ0) is 10.8. The second-order valence-corrected chi connectivity index (χ2v) is 4.20. The highest BCUT2D eigenvalue weighted by atomic mass is 16.5. The molecule has 2 rings (SSSR count). The minimum absolute atomic E-state index is 0.192. The molecule has 1 aliphatic rings. The van der Waals surface area contributed by atoms with Gasteiger partial charge in [-0.25, -0.2) is 0 Å². The van der Waals surface area contributed by atoms with Gasteiger partial charge in [-0.3, -0.25) is 9.78 Å². The van der Waals surface area contributed by atoms with Crippen LogP contribution in [0.25, 0.3) is 0 Å². The third-order valence-corrected chi connectivity index (χ3v) is 2.75. The maximum atomic E-state index is 10.6. The fourth-order valence-electron chi connectivity index (χ4n) is 1.85. The normalized spacial score (nSPS) is 23.6. The van der Waals surface area contributed by atoms with Gasteiger partial charge in [0.1, 0.15) is 0 Å². The van der Waals surface area contributed by atoms with E-state index in [1.165, 1.54) is 18.1 Å². The average molecular weight is 205 g/mol. The van der Waals surface area contributed by atoms with Gasteiger partial charge in [-0.05, 0) is 30.4 Å². The molecule has 2 atom stereocenters. The highest BCUT2D eigenvalue weighted by Gasteiger charge is 2.39. The first kappa shape index (κ1) is 10.1. The Morgan fingerprint density at radius 3 is 3.07 bits per heavy atom. The quantitative estimate of drug-likeness (QED) is 0.709. The highest BCUT2D eigenvalue weighted by Crippen LogP contribution is 2.47. The van der Waals surface area contributed by atoms with Gasteiger partial charge in [0.15, 0.2) is 0 Å². The minimum Gasteiger partial charge on any atom is -0.466 e. The molecule has 0 aliphatic heterocycles. The number of rotatable bonds is 3. The summed E-state index contributed by atoms with van der Waals surface area (Å²) in [6.45, 7) is 4.04. The maximum Gasteiger partial charge on any atom is 0.302 e. The van der Waals surface area contributed by atoms with Crippen molar-refractivity contribution in [2.75, 3.05) is 6.61 Å². The van der Waals surface area contributed by atoms with Crippen molar-refractivity contribution in [1.29, 1.82) is 0 Å². The molecule has 1 aromatic heterocycles. The monoisotopic (exact) mass is 205 g/mol. The molecule has 0 N–H and O–H groups in total. The summed E-state index contributed by atoms with van der Waals surface area (Å²) in [5.41, 5.74) is 2.46. The Morgan fingerprint density at radius 1 is 1.60 bits per heavy atom. The molecular formula is C12H15NO2. The number of nitrogens with zero attached hydrogens (tertiary/aromatic N) is 1. The van der Waals surface area contributed by atoms with E-state index in [1.807, 2.05) is 19.3 Å². The van der Waals surface area contributed by atoms with Crippen LogP contribution in [0.15, 0.2) is 18.5 Å².